The average Bonchev–Trinajstić information content (AvgIpc) is 1.94. The molecule has 0 aliphatic carbocycles. The molecular formula is C7H7ClNO2+. The molecule has 11 heavy (non-hydrogen) atoms. The second-order valence-electron chi connectivity index (χ2n) is 2.11. The molecule has 0 bridgehead atoms. The Balaban J connectivity index is 3.23. The molecule has 0 saturated carbocycles. The normalized spacial score (nSPS) is 9.64. The van der Waals surface area contributed by atoms with Gasteiger partial charge in [-0.3, -0.25) is 0 Å². The Morgan fingerprint density at radius 2 is 2.18 bits per heavy atom. The molecule has 1 aromatic rings. The molecule has 0 aliphatic rings. The van der Waals surface area contributed by atoms with Gasteiger partial charge >= 0.3 is 5.97 Å². The highest BCUT2D eigenvalue weighted by molar-refractivity contribution is 6.31. The lowest BCUT2D eigenvalue weighted by molar-refractivity contribution is -0.255. The van der Waals surface area contributed by atoms with Gasteiger partial charge in [-0.25, -0.2) is 4.79 Å². The van der Waals surface area contributed by atoms with Crippen molar-refractivity contribution < 1.29 is 15.6 Å². The van der Waals surface area contributed by atoms with E-state index in [1.807, 2.05) is 0 Å². The van der Waals surface area contributed by atoms with Gasteiger partial charge in [-0.05, 0) is 12.1 Å². The molecule has 0 spiro atoms. The third kappa shape index (κ3) is 1.69. The predicted octanol–water partition coefficient (Wildman–Crippen LogP) is 0.912. The van der Waals surface area contributed by atoms with Crippen molar-refractivity contribution in [3.8, 4) is 0 Å². The maximum Gasteiger partial charge on any atom is 0.341 e. The van der Waals surface area contributed by atoms with Crippen LogP contribution in [-0.2, 0) is 0 Å². The largest absolute Gasteiger partial charge is 0.477 e. The number of rotatable bonds is 1. The first-order valence-corrected chi connectivity index (χ1v) is 3.34. The van der Waals surface area contributed by atoms with Gasteiger partial charge < -0.3 is 10.8 Å². The highest BCUT2D eigenvalue weighted by Crippen LogP contribution is 2.16. The van der Waals surface area contributed by atoms with Gasteiger partial charge in [0.1, 0.15) is 11.3 Å². The summed E-state index contributed by atoms with van der Waals surface area (Å²) in [7, 11) is 0. The average molecular weight is 173 g/mol. The van der Waals surface area contributed by atoms with E-state index >= 15 is 0 Å². The van der Waals surface area contributed by atoms with Gasteiger partial charge in [0, 0.05) is 11.1 Å². The summed E-state index contributed by atoms with van der Waals surface area (Å²) in [6, 6.07) is 4.56. The van der Waals surface area contributed by atoms with Crippen molar-refractivity contribution in [2.45, 2.75) is 0 Å². The van der Waals surface area contributed by atoms with E-state index in [0.717, 1.165) is 0 Å². The van der Waals surface area contributed by atoms with Crippen LogP contribution >= 0.6 is 11.6 Å². The third-order valence-electron chi connectivity index (χ3n) is 1.30. The maximum absolute atomic E-state index is 10.5. The molecule has 4 heteroatoms. The van der Waals surface area contributed by atoms with Crippen LogP contribution in [0.1, 0.15) is 10.4 Å². The van der Waals surface area contributed by atoms with Crippen LogP contribution in [0.5, 0.6) is 0 Å². The molecule has 0 heterocycles. The molecular weight excluding hydrogens is 166 g/mol. The summed E-state index contributed by atoms with van der Waals surface area (Å²) in [6.45, 7) is 0. The number of quaternary nitrogens is 1. The number of halogens is 1. The van der Waals surface area contributed by atoms with Gasteiger partial charge in [-0.2, -0.15) is 0 Å². The first-order valence-electron chi connectivity index (χ1n) is 2.96. The Hall–Kier alpha value is -1.06. The van der Waals surface area contributed by atoms with Gasteiger partial charge in [0.25, 0.3) is 0 Å². The molecule has 0 aromatic heterocycles. The molecule has 0 fully saturated rings. The van der Waals surface area contributed by atoms with Crippen LogP contribution in [0.15, 0.2) is 18.2 Å². The number of aromatic carboxylic acids is 1. The molecule has 0 amide bonds. The smallest absolute Gasteiger partial charge is 0.341 e. The molecule has 3 nitrogen and oxygen atoms in total. The molecule has 0 atom stereocenters. The van der Waals surface area contributed by atoms with Gasteiger partial charge in [-0.15, -0.1) is 0 Å². The lowest BCUT2D eigenvalue weighted by Gasteiger charge is -1.95. The van der Waals surface area contributed by atoms with Crippen LogP contribution < -0.4 is 5.73 Å². The lowest BCUT2D eigenvalue weighted by atomic mass is 10.2. The van der Waals surface area contributed by atoms with Gasteiger partial charge in [0.2, 0.25) is 0 Å². The zero-order valence-electron chi connectivity index (χ0n) is 5.67. The van der Waals surface area contributed by atoms with Crippen molar-refractivity contribution in [1.29, 1.82) is 0 Å². The first kappa shape index (κ1) is 8.04. The molecule has 0 saturated heterocycles. The van der Waals surface area contributed by atoms with Crippen LogP contribution in [0, 0.1) is 0 Å². The van der Waals surface area contributed by atoms with Crippen molar-refractivity contribution in [3.63, 3.8) is 0 Å². The fraction of sp³-hybridized carbons (Fsp3) is 0. The number of hydrogen-bond acceptors (Lipinski definition) is 1. The Morgan fingerprint density at radius 3 is 2.64 bits per heavy atom. The Labute approximate surface area is 68.4 Å². The van der Waals surface area contributed by atoms with Gasteiger partial charge in [0.05, 0.1) is 0 Å². The molecule has 1 rings (SSSR count). The molecule has 58 valence electrons. The van der Waals surface area contributed by atoms with Crippen molar-refractivity contribution in [1.82, 2.24) is 0 Å². The van der Waals surface area contributed by atoms with Crippen LogP contribution in [0.4, 0.5) is 5.69 Å². The molecule has 0 radical (unpaired) electrons. The summed E-state index contributed by atoms with van der Waals surface area (Å²) < 4.78 is 0. The number of benzene rings is 1. The summed E-state index contributed by atoms with van der Waals surface area (Å²) in [6.07, 6.45) is 0. The van der Waals surface area contributed by atoms with Crippen LogP contribution in [-0.4, -0.2) is 11.1 Å². The minimum atomic E-state index is -1.00. The number of carboxylic acid groups (broad SMARTS) is 1. The third-order valence-corrected chi connectivity index (χ3v) is 1.54. The minimum Gasteiger partial charge on any atom is -0.477 e. The van der Waals surface area contributed by atoms with Crippen molar-refractivity contribution in [2.24, 2.45) is 0 Å². The van der Waals surface area contributed by atoms with E-state index in [9.17, 15) is 4.79 Å². The second kappa shape index (κ2) is 2.90. The molecule has 1 aromatic carbocycles. The lowest BCUT2D eigenvalue weighted by Crippen LogP contribution is -2.42. The van der Waals surface area contributed by atoms with E-state index in [0.29, 0.717) is 10.7 Å². The van der Waals surface area contributed by atoms with E-state index in [1.165, 1.54) is 6.07 Å². The molecule has 0 aliphatic heterocycles. The summed E-state index contributed by atoms with van der Waals surface area (Å²) >= 11 is 5.57. The fourth-order valence-electron chi connectivity index (χ4n) is 0.748. The number of carbonyl (C=O) groups is 1. The van der Waals surface area contributed by atoms with Crippen LogP contribution in [0.3, 0.4) is 0 Å². The minimum absolute atomic E-state index is 0.150. The number of hydrogen-bond donors (Lipinski definition) is 2. The van der Waals surface area contributed by atoms with Gasteiger partial charge in [0.15, 0.2) is 0 Å². The predicted molar refractivity (Wildman–Crippen MR) is 41.0 cm³/mol. The topological polar surface area (TPSA) is 64.9 Å². The second-order valence-corrected chi connectivity index (χ2v) is 2.54. The highest BCUT2D eigenvalue weighted by Gasteiger charge is 2.09. The zero-order chi connectivity index (χ0) is 8.43. The van der Waals surface area contributed by atoms with Crippen molar-refractivity contribution >= 4 is 23.3 Å². The summed E-state index contributed by atoms with van der Waals surface area (Å²) in [5, 5.41) is 9.00. The van der Waals surface area contributed by atoms with E-state index in [4.69, 9.17) is 16.7 Å². The van der Waals surface area contributed by atoms with Crippen molar-refractivity contribution in [3.05, 3.63) is 28.8 Å². The SMILES string of the molecule is [NH3+]c1ccc(Cl)cc1C(=O)O. The highest BCUT2D eigenvalue weighted by atomic mass is 35.5. The Kier molecular flexibility index (Phi) is 2.12. The van der Waals surface area contributed by atoms with Gasteiger partial charge in [-0.1, -0.05) is 11.6 Å². The van der Waals surface area contributed by atoms with E-state index in [2.05, 4.69) is 5.73 Å². The monoisotopic (exact) mass is 172 g/mol. The summed E-state index contributed by atoms with van der Waals surface area (Å²) in [4.78, 5) is 10.5. The standard InChI is InChI=1S/C7H6ClNO2/c8-4-1-2-6(9)5(3-4)7(10)11/h1-3H,9H2,(H,10,11)/p+1. The zero-order valence-corrected chi connectivity index (χ0v) is 6.43. The first-order chi connectivity index (χ1) is 5.11. The molecule has 0 unspecified atom stereocenters. The van der Waals surface area contributed by atoms with Crippen LogP contribution in [0.2, 0.25) is 5.02 Å². The summed E-state index contributed by atoms with van der Waals surface area (Å²) in [5.74, 6) is -1.00. The Morgan fingerprint density at radius 1 is 1.55 bits per heavy atom. The maximum atomic E-state index is 10.5. The van der Waals surface area contributed by atoms with Crippen molar-refractivity contribution in [2.75, 3.05) is 0 Å². The van der Waals surface area contributed by atoms with E-state index in [-0.39, 0.29) is 5.56 Å². The summed E-state index contributed by atoms with van der Waals surface area (Å²) in [5.41, 5.74) is 4.17. The van der Waals surface area contributed by atoms with E-state index < -0.39 is 5.97 Å². The quantitative estimate of drug-likeness (QED) is 0.662. The molecule has 4 N–H and O–H groups in total. The van der Waals surface area contributed by atoms with E-state index in [1.54, 1.807) is 12.1 Å². The Bertz CT molecular complexity index is 298. The fourth-order valence-corrected chi connectivity index (χ4v) is 0.920. The number of carboxylic acids is 1. The van der Waals surface area contributed by atoms with Crippen LogP contribution in [0.25, 0.3) is 0 Å².